The summed E-state index contributed by atoms with van der Waals surface area (Å²) in [6.45, 7) is 4.44. The summed E-state index contributed by atoms with van der Waals surface area (Å²) in [5.74, 6) is 0. The highest BCUT2D eigenvalue weighted by atomic mass is 15.4. The van der Waals surface area contributed by atoms with Crippen LogP contribution < -0.4 is 4.90 Å². The van der Waals surface area contributed by atoms with Gasteiger partial charge in [-0.05, 0) is 31.5 Å². The lowest BCUT2D eigenvalue weighted by atomic mass is 10.1. The minimum Gasteiger partial charge on any atom is -0.359 e. The molecule has 0 spiro atoms. The van der Waals surface area contributed by atoms with Gasteiger partial charge in [0.05, 0.1) is 11.2 Å². The molecule has 0 aliphatic carbocycles. The minimum absolute atomic E-state index is 0.336. The average molecular weight is 291 g/mol. The molecular weight excluding hydrogens is 270 g/mol. The first-order valence-corrected chi connectivity index (χ1v) is 7.75. The van der Waals surface area contributed by atoms with E-state index >= 15 is 0 Å². The highest BCUT2D eigenvalue weighted by Gasteiger charge is 2.25. The van der Waals surface area contributed by atoms with Gasteiger partial charge in [0.15, 0.2) is 0 Å². The van der Waals surface area contributed by atoms with Crippen LogP contribution in [0.5, 0.6) is 0 Å². The molecule has 4 rings (SSSR count). The van der Waals surface area contributed by atoms with Crippen molar-refractivity contribution in [3.8, 4) is 0 Å². The third-order valence-electron chi connectivity index (χ3n) is 4.97. The Morgan fingerprint density at radius 3 is 2.41 bits per heavy atom. The van der Waals surface area contributed by atoms with Gasteiger partial charge in [-0.15, -0.1) is 0 Å². The Labute approximate surface area is 131 Å². The molecule has 1 aromatic heterocycles. The maximum Gasteiger partial charge on any atom is 0.102 e. The smallest absolute Gasteiger partial charge is 0.102 e. The third kappa shape index (κ3) is 1.62. The molecule has 1 aliphatic rings. The zero-order chi connectivity index (χ0) is 15.4. The second-order valence-corrected chi connectivity index (χ2v) is 6.20. The number of fused-ring (bicyclic) bond motifs is 3. The predicted octanol–water partition coefficient (Wildman–Crippen LogP) is 4.21. The monoisotopic (exact) mass is 291 g/mol. The third-order valence-corrected chi connectivity index (χ3v) is 4.97. The molecule has 0 N–H and O–H groups in total. The number of hydrogen-bond donors (Lipinski definition) is 0. The van der Waals surface area contributed by atoms with Gasteiger partial charge in [-0.25, -0.2) is 0 Å². The van der Waals surface area contributed by atoms with Gasteiger partial charge in [0, 0.05) is 42.8 Å². The number of aryl methyl sites for hydroxylation is 2. The number of benzene rings is 2. The lowest BCUT2D eigenvalue weighted by Gasteiger charge is -2.29. The first kappa shape index (κ1) is 13.3. The molecule has 2 heterocycles. The molecule has 2 aromatic carbocycles. The van der Waals surface area contributed by atoms with Crippen LogP contribution in [0.1, 0.15) is 12.5 Å². The second kappa shape index (κ2) is 4.54. The van der Waals surface area contributed by atoms with Gasteiger partial charge in [-0.3, -0.25) is 0 Å². The van der Waals surface area contributed by atoms with Gasteiger partial charge in [0.1, 0.15) is 6.17 Å². The molecule has 22 heavy (non-hydrogen) atoms. The zero-order valence-electron chi connectivity index (χ0n) is 13.5. The fraction of sp³-hybridized carbons (Fsp3) is 0.263. The molecule has 112 valence electrons. The SMILES string of the molecule is Cc1ccc2c(c1N1C=CN(C)[C@@H]1C)c1ccccc1n2C. The van der Waals surface area contributed by atoms with E-state index in [1.54, 1.807) is 0 Å². The van der Waals surface area contributed by atoms with Gasteiger partial charge in [-0.1, -0.05) is 24.3 Å². The van der Waals surface area contributed by atoms with Gasteiger partial charge >= 0.3 is 0 Å². The molecule has 3 aromatic rings. The van der Waals surface area contributed by atoms with Crippen molar-refractivity contribution in [1.29, 1.82) is 0 Å². The largest absolute Gasteiger partial charge is 0.359 e. The Balaban J connectivity index is 2.12. The molecule has 0 unspecified atom stereocenters. The number of rotatable bonds is 1. The Morgan fingerprint density at radius 1 is 0.909 bits per heavy atom. The molecule has 3 heteroatoms. The van der Waals surface area contributed by atoms with Crippen molar-refractivity contribution in [3.05, 3.63) is 54.4 Å². The Morgan fingerprint density at radius 2 is 1.68 bits per heavy atom. The van der Waals surface area contributed by atoms with Crippen LogP contribution in [0.25, 0.3) is 21.8 Å². The number of nitrogens with zero attached hydrogens (tertiary/aromatic N) is 3. The standard InChI is InChI=1S/C19H21N3/c1-13-9-10-17-18(15-7-5-6-8-16(15)21(17)4)19(13)22-12-11-20(3)14(22)2/h5-12,14H,1-4H3/t14-/m0/s1. The topological polar surface area (TPSA) is 11.4 Å². The van der Waals surface area contributed by atoms with E-state index < -0.39 is 0 Å². The fourth-order valence-corrected chi connectivity index (χ4v) is 3.55. The summed E-state index contributed by atoms with van der Waals surface area (Å²) in [7, 11) is 4.28. The summed E-state index contributed by atoms with van der Waals surface area (Å²) in [6, 6.07) is 13.1. The number of para-hydroxylation sites is 1. The van der Waals surface area contributed by atoms with Crippen LogP contribution in [-0.2, 0) is 7.05 Å². The lowest BCUT2D eigenvalue weighted by molar-refractivity contribution is 0.383. The number of aromatic nitrogens is 1. The van der Waals surface area contributed by atoms with Crippen LogP contribution in [-0.4, -0.2) is 22.7 Å². The molecule has 0 saturated heterocycles. The van der Waals surface area contributed by atoms with Crippen molar-refractivity contribution in [2.45, 2.75) is 20.0 Å². The maximum atomic E-state index is 2.38. The maximum absolute atomic E-state index is 2.38. The fourth-order valence-electron chi connectivity index (χ4n) is 3.55. The quantitative estimate of drug-likeness (QED) is 0.665. The molecular formula is C19H21N3. The van der Waals surface area contributed by atoms with Crippen molar-refractivity contribution < 1.29 is 0 Å². The average Bonchev–Trinajstić information content (AvgIpc) is 3.00. The highest BCUT2D eigenvalue weighted by Crippen LogP contribution is 2.39. The van der Waals surface area contributed by atoms with Crippen molar-refractivity contribution in [1.82, 2.24) is 9.47 Å². The van der Waals surface area contributed by atoms with E-state index in [2.05, 4.69) is 91.1 Å². The van der Waals surface area contributed by atoms with Crippen molar-refractivity contribution in [2.75, 3.05) is 11.9 Å². The molecule has 0 radical (unpaired) electrons. The van der Waals surface area contributed by atoms with Crippen LogP contribution in [0.3, 0.4) is 0 Å². The van der Waals surface area contributed by atoms with Gasteiger partial charge < -0.3 is 14.4 Å². The molecule has 0 fully saturated rings. The number of hydrogen-bond acceptors (Lipinski definition) is 2. The highest BCUT2D eigenvalue weighted by molar-refractivity contribution is 6.15. The van der Waals surface area contributed by atoms with E-state index in [0.717, 1.165) is 0 Å². The van der Waals surface area contributed by atoms with Crippen molar-refractivity contribution >= 4 is 27.5 Å². The van der Waals surface area contributed by atoms with Gasteiger partial charge in [-0.2, -0.15) is 0 Å². The van der Waals surface area contributed by atoms with E-state index in [0.29, 0.717) is 6.17 Å². The molecule has 0 bridgehead atoms. The van der Waals surface area contributed by atoms with E-state index in [4.69, 9.17) is 0 Å². The van der Waals surface area contributed by atoms with Crippen LogP contribution in [0, 0.1) is 6.92 Å². The molecule has 0 amide bonds. The summed E-state index contributed by atoms with van der Waals surface area (Å²) in [6.07, 6.45) is 4.67. The normalized spacial score (nSPS) is 18.1. The first-order valence-electron chi connectivity index (χ1n) is 7.75. The van der Waals surface area contributed by atoms with E-state index in [-0.39, 0.29) is 0 Å². The molecule has 1 aliphatic heterocycles. The second-order valence-electron chi connectivity index (χ2n) is 6.20. The summed E-state index contributed by atoms with van der Waals surface area (Å²) < 4.78 is 2.29. The number of anilines is 1. The Bertz CT molecular complexity index is 904. The van der Waals surface area contributed by atoms with Crippen molar-refractivity contribution in [2.24, 2.45) is 7.05 Å². The van der Waals surface area contributed by atoms with Crippen LogP contribution in [0.4, 0.5) is 5.69 Å². The lowest BCUT2D eigenvalue weighted by Crippen LogP contribution is -2.33. The van der Waals surface area contributed by atoms with Crippen LogP contribution in [0.15, 0.2) is 48.8 Å². The van der Waals surface area contributed by atoms with E-state index in [1.807, 2.05) is 0 Å². The summed E-state index contributed by atoms with van der Waals surface area (Å²) in [5, 5.41) is 2.68. The predicted molar refractivity (Wildman–Crippen MR) is 94.0 cm³/mol. The van der Waals surface area contributed by atoms with Crippen LogP contribution in [0.2, 0.25) is 0 Å². The van der Waals surface area contributed by atoms with Crippen molar-refractivity contribution in [3.63, 3.8) is 0 Å². The Hall–Kier alpha value is -2.42. The molecule has 1 atom stereocenters. The molecule has 0 saturated carbocycles. The van der Waals surface area contributed by atoms with E-state index in [1.165, 1.54) is 33.1 Å². The van der Waals surface area contributed by atoms with E-state index in [9.17, 15) is 0 Å². The Kier molecular flexibility index (Phi) is 2.73. The van der Waals surface area contributed by atoms with Crippen LogP contribution >= 0.6 is 0 Å². The van der Waals surface area contributed by atoms with Gasteiger partial charge in [0.25, 0.3) is 0 Å². The summed E-state index contributed by atoms with van der Waals surface area (Å²) in [4.78, 5) is 4.62. The minimum atomic E-state index is 0.336. The summed E-state index contributed by atoms with van der Waals surface area (Å²) >= 11 is 0. The summed E-state index contributed by atoms with van der Waals surface area (Å²) in [5.41, 5.74) is 5.21. The molecule has 3 nitrogen and oxygen atoms in total. The first-order chi connectivity index (χ1) is 10.6. The zero-order valence-corrected chi connectivity index (χ0v) is 13.5. The van der Waals surface area contributed by atoms with Gasteiger partial charge in [0.2, 0.25) is 0 Å².